The quantitative estimate of drug-likeness (QED) is 0.721. The number of halogens is 2. The predicted octanol–water partition coefficient (Wildman–Crippen LogP) is 2.49. The van der Waals surface area contributed by atoms with Crippen LogP contribution in [0.15, 0.2) is 0 Å². The van der Waals surface area contributed by atoms with Gasteiger partial charge < -0.3 is 10.4 Å². The number of alkyl halides is 2. The van der Waals surface area contributed by atoms with Crippen molar-refractivity contribution in [2.45, 2.75) is 71.1 Å². The minimum absolute atomic E-state index is 0.112. The highest BCUT2D eigenvalue weighted by Crippen LogP contribution is 2.24. The Hall–Kier alpha value is -0.260. The van der Waals surface area contributed by atoms with E-state index in [1.807, 2.05) is 6.92 Å². The Labute approximate surface area is 121 Å². The largest absolute Gasteiger partial charge is 0.393 e. The molecule has 0 aromatic rings. The van der Waals surface area contributed by atoms with E-state index in [4.69, 9.17) is 0 Å². The number of likely N-dealkylation sites (tertiary alicyclic amines) is 1. The van der Waals surface area contributed by atoms with E-state index >= 15 is 0 Å². The lowest BCUT2D eigenvalue weighted by Crippen LogP contribution is -2.53. The molecule has 0 amide bonds. The van der Waals surface area contributed by atoms with Crippen molar-refractivity contribution >= 4 is 0 Å². The van der Waals surface area contributed by atoms with Gasteiger partial charge in [0.25, 0.3) is 6.43 Å². The monoisotopic (exact) mass is 292 g/mol. The molecular weight excluding hydrogens is 262 g/mol. The van der Waals surface area contributed by atoms with Gasteiger partial charge in [-0.15, -0.1) is 0 Å². The predicted molar refractivity (Wildman–Crippen MR) is 78.1 cm³/mol. The van der Waals surface area contributed by atoms with Gasteiger partial charge in [-0.1, -0.05) is 13.8 Å². The standard InChI is InChI=1S/C15H30F2N2O/c1-4-11(3)19-9-12(7-14(20)5-2)6-13(10-19)18-8-15(16)17/h11-15,18,20H,4-10H2,1-3H3. The number of aliphatic hydroxyl groups excluding tert-OH is 1. The number of aliphatic hydroxyl groups is 1. The molecule has 3 nitrogen and oxygen atoms in total. The molecule has 1 aliphatic rings. The molecule has 0 radical (unpaired) electrons. The smallest absolute Gasteiger partial charge is 0.250 e. The highest BCUT2D eigenvalue weighted by atomic mass is 19.3. The molecule has 0 aromatic carbocycles. The minimum Gasteiger partial charge on any atom is -0.393 e. The molecule has 4 unspecified atom stereocenters. The first-order valence-electron chi connectivity index (χ1n) is 7.89. The Balaban J connectivity index is 2.57. The Morgan fingerprint density at radius 1 is 1.25 bits per heavy atom. The number of nitrogens with one attached hydrogen (secondary N) is 1. The Kier molecular flexibility index (Phi) is 7.92. The molecule has 1 fully saturated rings. The molecule has 0 saturated carbocycles. The van der Waals surface area contributed by atoms with Crippen molar-refractivity contribution in [2.75, 3.05) is 19.6 Å². The second-order valence-electron chi connectivity index (χ2n) is 6.11. The summed E-state index contributed by atoms with van der Waals surface area (Å²) in [7, 11) is 0. The van der Waals surface area contributed by atoms with Crippen LogP contribution in [0.3, 0.4) is 0 Å². The van der Waals surface area contributed by atoms with E-state index in [9.17, 15) is 13.9 Å². The van der Waals surface area contributed by atoms with Crippen molar-refractivity contribution in [1.82, 2.24) is 10.2 Å². The molecule has 1 heterocycles. The van der Waals surface area contributed by atoms with Crippen molar-refractivity contribution in [1.29, 1.82) is 0 Å². The van der Waals surface area contributed by atoms with Crippen LogP contribution in [0.2, 0.25) is 0 Å². The maximum absolute atomic E-state index is 12.4. The highest BCUT2D eigenvalue weighted by Gasteiger charge is 2.30. The van der Waals surface area contributed by atoms with E-state index < -0.39 is 6.43 Å². The topological polar surface area (TPSA) is 35.5 Å². The third kappa shape index (κ3) is 6.02. The Morgan fingerprint density at radius 2 is 1.95 bits per heavy atom. The minimum atomic E-state index is -2.30. The van der Waals surface area contributed by atoms with Gasteiger partial charge in [0.15, 0.2) is 0 Å². The maximum Gasteiger partial charge on any atom is 0.250 e. The number of nitrogens with zero attached hydrogens (tertiary/aromatic N) is 1. The molecule has 0 spiro atoms. The molecule has 120 valence electrons. The van der Waals surface area contributed by atoms with Gasteiger partial charge >= 0.3 is 0 Å². The summed E-state index contributed by atoms with van der Waals surface area (Å²) in [5, 5.41) is 12.8. The summed E-state index contributed by atoms with van der Waals surface area (Å²) in [6.07, 6.45) is 0.911. The van der Waals surface area contributed by atoms with Crippen molar-refractivity contribution in [2.24, 2.45) is 5.92 Å². The van der Waals surface area contributed by atoms with E-state index in [1.165, 1.54) is 0 Å². The van der Waals surface area contributed by atoms with Crippen LogP contribution >= 0.6 is 0 Å². The average molecular weight is 292 g/mol. The first-order valence-corrected chi connectivity index (χ1v) is 7.89. The molecule has 4 atom stereocenters. The fourth-order valence-electron chi connectivity index (χ4n) is 2.98. The molecule has 1 saturated heterocycles. The lowest BCUT2D eigenvalue weighted by molar-refractivity contribution is 0.0579. The van der Waals surface area contributed by atoms with E-state index in [1.54, 1.807) is 0 Å². The van der Waals surface area contributed by atoms with Crippen LogP contribution < -0.4 is 5.32 Å². The summed E-state index contributed by atoms with van der Waals surface area (Å²) in [5.74, 6) is 0.392. The summed E-state index contributed by atoms with van der Waals surface area (Å²) < 4.78 is 24.7. The molecule has 2 N–H and O–H groups in total. The Morgan fingerprint density at radius 3 is 2.50 bits per heavy atom. The van der Waals surface area contributed by atoms with Gasteiger partial charge in [-0.2, -0.15) is 0 Å². The summed E-state index contributed by atoms with van der Waals surface area (Å²) in [6, 6.07) is 0.577. The molecular formula is C15H30F2N2O. The first-order chi connectivity index (χ1) is 9.46. The second kappa shape index (κ2) is 8.90. The summed E-state index contributed by atoms with van der Waals surface area (Å²) in [4.78, 5) is 2.37. The van der Waals surface area contributed by atoms with Crippen molar-refractivity contribution < 1.29 is 13.9 Å². The van der Waals surface area contributed by atoms with Gasteiger partial charge in [-0.05, 0) is 38.5 Å². The van der Waals surface area contributed by atoms with Gasteiger partial charge in [0.2, 0.25) is 0 Å². The number of piperidine rings is 1. The molecule has 0 aliphatic carbocycles. The van der Waals surface area contributed by atoms with Crippen molar-refractivity contribution in [3.05, 3.63) is 0 Å². The number of hydrogen-bond acceptors (Lipinski definition) is 3. The molecule has 20 heavy (non-hydrogen) atoms. The van der Waals surface area contributed by atoms with E-state index in [2.05, 4.69) is 24.1 Å². The molecule has 0 bridgehead atoms. The SMILES string of the molecule is CCC(O)CC1CC(NCC(F)F)CN(C(C)CC)C1. The second-order valence-corrected chi connectivity index (χ2v) is 6.11. The fourth-order valence-corrected chi connectivity index (χ4v) is 2.98. The van der Waals surface area contributed by atoms with Crippen LogP contribution in [0.5, 0.6) is 0 Å². The van der Waals surface area contributed by atoms with Crippen LogP contribution in [0, 0.1) is 5.92 Å². The van der Waals surface area contributed by atoms with Crippen LogP contribution in [-0.2, 0) is 0 Å². The lowest BCUT2D eigenvalue weighted by atomic mass is 9.88. The van der Waals surface area contributed by atoms with Crippen molar-refractivity contribution in [3.63, 3.8) is 0 Å². The summed E-state index contributed by atoms with van der Waals surface area (Å²) in [6.45, 7) is 7.88. The summed E-state index contributed by atoms with van der Waals surface area (Å²) >= 11 is 0. The maximum atomic E-state index is 12.4. The lowest BCUT2D eigenvalue weighted by Gasteiger charge is -2.41. The molecule has 1 rings (SSSR count). The normalized spacial score (nSPS) is 27.8. The van der Waals surface area contributed by atoms with Gasteiger partial charge in [-0.25, -0.2) is 8.78 Å². The van der Waals surface area contributed by atoms with Gasteiger partial charge in [-0.3, -0.25) is 4.90 Å². The van der Waals surface area contributed by atoms with Crippen LogP contribution in [0.4, 0.5) is 8.78 Å². The zero-order valence-corrected chi connectivity index (χ0v) is 13.0. The van der Waals surface area contributed by atoms with Gasteiger partial charge in [0, 0.05) is 25.2 Å². The molecule has 1 aliphatic heterocycles. The third-order valence-corrected chi connectivity index (χ3v) is 4.42. The third-order valence-electron chi connectivity index (χ3n) is 4.42. The highest BCUT2D eigenvalue weighted by molar-refractivity contribution is 4.86. The molecule has 5 heteroatoms. The van der Waals surface area contributed by atoms with Crippen molar-refractivity contribution in [3.8, 4) is 0 Å². The van der Waals surface area contributed by atoms with E-state index in [0.29, 0.717) is 12.0 Å². The first kappa shape index (κ1) is 17.8. The number of rotatable bonds is 8. The van der Waals surface area contributed by atoms with Crippen LogP contribution in [-0.4, -0.2) is 54.3 Å². The zero-order valence-electron chi connectivity index (χ0n) is 13.0. The summed E-state index contributed by atoms with van der Waals surface area (Å²) in [5.41, 5.74) is 0. The number of hydrogen-bond donors (Lipinski definition) is 2. The van der Waals surface area contributed by atoms with Gasteiger partial charge in [0.1, 0.15) is 0 Å². The van der Waals surface area contributed by atoms with Crippen LogP contribution in [0.25, 0.3) is 0 Å². The van der Waals surface area contributed by atoms with E-state index in [-0.39, 0.29) is 18.7 Å². The Bertz CT molecular complexity index is 266. The zero-order chi connectivity index (χ0) is 15.1. The molecule has 0 aromatic heterocycles. The van der Waals surface area contributed by atoms with E-state index in [0.717, 1.165) is 38.8 Å². The van der Waals surface area contributed by atoms with Crippen LogP contribution in [0.1, 0.15) is 46.5 Å². The average Bonchev–Trinajstić information content (AvgIpc) is 2.43. The van der Waals surface area contributed by atoms with Gasteiger partial charge in [0.05, 0.1) is 12.6 Å². The fraction of sp³-hybridized carbons (Fsp3) is 1.00.